The largest absolute Gasteiger partial charge is 0.493 e. The lowest BCUT2D eigenvalue weighted by Crippen LogP contribution is -2.30. The van der Waals surface area contributed by atoms with E-state index in [9.17, 15) is 0 Å². The van der Waals surface area contributed by atoms with Crippen molar-refractivity contribution in [1.82, 2.24) is 0 Å². The number of para-hydroxylation sites is 2. The van der Waals surface area contributed by atoms with E-state index in [0.717, 1.165) is 11.1 Å². The molecule has 0 atom stereocenters. The SMILES string of the molecule is CCOc1ccccc1C=N\N=C(N)/C(N)=N/N=C\c1ccccc1OCC. The summed E-state index contributed by atoms with van der Waals surface area (Å²) >= 11 is 0. The molecule has 8 nitrogen and oxygen atoms in total. The van der Waals surface area contributed by atoms with Crippen LogP contribution in [0.15, 0.2) is 68.9 Å². The first kappa shape index (κ1) is 20.6. The molecule has 8 heteroatoms. The highest BCUT2D eigenvalue weighted by atomic mass is 16.5. The molecule has 0 saturated carbocycles. The Morgan fingerprint density at radius 3 is 1.54 bits per heavy atom. The smallest absolute Gasteiger partial charge is 0.190 e. The van der Waals surface area contributed by atoms with Crippen LogP contribution in [0.4, 0.5) is 0 Å². The van der Waals surface area contributed by atoms with E-state index in [0.29, 0.717) is 24.7 Å². The van der Waals surface area contributed by atoms with Gasteiger partial charge in [0.2, 0.25) is 0 Å². The summed E-state index contributed by atoms with van der Waals surface area (Å²) in [6, 6.07) is 14.9. The molecule has 0 unspecified atom stereocenters. The average molecular weight is 380 g/mol. The number of rotatable bonds is 8. The topological polar surface area (TPSA) is 120 Å². The number of hydrogen-bond acceptors (Lipinski definition) is 6. The fraction of sp³-hybridized carbons (Fsp3) is 0.200. The van der Waals surface area contributed by atoms with E-state index in [2.05, 4.69) is 20.4 Å². The maximum Gasteiger partial charge on any atom is 0.190 e. The van der Waals surface area contributed by atoms with E-state index in [1.165, 1.54) is 12.4 Å². The molecule has 0 bridgehead atoms. The molecule has 0 aliphatic rings. The first-order valence-electron chi connectivity index (χ1n) is 8.82. The van der Waals surface area contributed by atoms with Gasteiger partial charge in [0.05, 0.1) is 25.6 Å². The van der Waals surface area contributed by atoms with Crippen LogP contribution < -0.4 is 20.9 Å². The first-order valence-corrected chi connectivity index (χ1v) is 8.82. The number of ether oxygens (including phenoxy) is 2. The van der Waals surface area contributed by atoms with Crippen molar-refractivity contribution in [1.29, 1.82) is 0 Å². The summed E-state index contributed by atoms with van der Waals surface area (Å²) in [4.78, 5) is 0. The van der Waals surface area contributed by atoms with Crippen molar-refractivity contribution in [2.75, 3.05) is 13.2 Å². The second-order valence-electron chi connectivity index (χ2n) is 5.40. The van der Waals surface area contributed by atoms with Crippen molar-refractivity contribution in [3.8, 4) is 11.5 Å². The summed E-state index contributed by atoms with van der Waals surface area (Å²) in [5, 5.41) is 15.6. The summed E-state index contributed by atoms with van der Waals surface area (Å²) in [7, 11) is 0. The van der Waals surface area contributed by atoms with Crippen LogP contribution in [0.2, 0.25) is 0 Å². The van der Waals surface area contributed by atoms with Crippen LogP contribution in [0.3, 0.4) is 0 Å². The molecule has 0 aliphatic heterocycles. The molecular formula is C20H24N6O2. The summed E-state index contributed by atoms with van der Waals surface area (Å²) in [6.07, 6.45) is 3.07. The fourth-order valence-electron chi connectivity index (χ4n) is 2.16. The third kappa shape index (κ3) is 6.24. The minimum atomic E-state index is -0.0413. The Bertz CT molecular complexity index is 816. The number of nitrogens with zero attached hydrogens (tertiary/aromatic N) is 4. The molecule has 2 aromatic rings. The van der Waals surface area contributed by atoms with Crippen molar-refractivity contribution < 1.29 is 9.47 Å². The third-order valence-electron chi connectivity index (χ3n) is 3.42. The van der Waals surface area contributed by atoms with Gasteiger partial charge in [-0.05, 0) is 38.1 Å². The zero-order chi connectivity index (χ0) is 20.2. The van der Waals surface area contributed by atoms with Gasteiger partial charge in [0, 0.05) is 11.1 Å². The van der Waals surface area contributed by atoms with E-state index < -0.39 is 0 Å². The second-order valence-corrected chi connectivity index (χ2v) is 5.40. The molecule has 0 saturated heterocycles. The van der Waals surface area contributed by atoms with Gasteiger partial charge in [0.25, 0.3) is 0 Å². The molecule has 146 valence electrons. The average Bonchev–Trinajstić information content (AvgIpc) is 2.70. The van der Waals surface area contributed by atoms with Crippen molar-refractivity contribution in [3.63, 3.8) is 0 Å². The van der Waals surface area contributed by atoms with Crippen molar-refractivity contribution in [3.05, 3.63) is 59.7 Å². The highest BCUT2D eigenvalue weighted by molar-refractivity contribution is 6.39. The molecule has 0 aromatic heterocycles. The molecule has 0 heterocycles. The van der Waals surface area contributed by atoms with Crippen molar-refractivity contribution in [2.45, 2.75) is 13.8 Å². The first-order chi connectivity index (χ1) is 13.7. The van der Waals surface area contributed by atoms with Gasteiger partial charge in [-0.2, -0.15) is 10.2 Å². The highest BCUT2D eigenvalue weighted by Crippen LogP contribution is 2.16. The standard InChI is InChI=1S/C20H24N6O2/c1-3-27-17-11-7-5-9-15(17)13-23-25-19(21)20(22)26-24-14-16-10-6-8-12-18(16)28-4-2/h5-14H,3-4H2,1-2H3,(H2,21,25)(H2,22,26)/b23-13-,24-14?. The molecule has 4 N–H and O–H groups in total. The van der Waals surface area contributed by atoms with Gasteiger partial charge in [-0.15, -0.1) is 10.2 Å². The van der Waals surface area contributed by atoms with Gasteiger partial charge in [-0.1, -0.05) is 24.3 Å². The monoisotopic (exact) mass is 380 g/mol. The van der Waals surface area contributed by atoms with Crippen LogP contribution in [0.25, 0.3) is 0 Å². The Kier molecular flexibility index (Phi) is 8.19. The van der Waals surface area contributed by atoms with Crippen LogP contribution in [-0.2, 0) is 0 Å². The lowest BCUT2D eigenvalue weighted by molar-refractivity contribution is 0.339. The predicted molar refractivity (Wildman–Crippen MR) is 114 cm³/mol. The van der Waals surface area contributed by atoms with Gasteiger partial charge in [0.1, 0.15) is 11.5 Å². The molecular weight excluding hydrogens is 356 g/mol. The number of amidine groups is 2. The van der Waals surface area contributed by atoms with Gasteiger partial charge in [0.15, 0.2) is 11.7 Å². The van der Waals surface area contributed by atoms with Crippen molar-refractivity contribution in [2.24, 2.45) is 31.9 Å². The van der Waals surface area contributed by atoms with Gasteiger partial charge in [-0.25, -0.2) is 0 Å². The quantitative estimate of drug-likeness (QED) is 0.415. The molecule has 0 aliphatic carbocycles. The van der Waals surface area contributed by atoms with Crippen LogP contribution in [-0.4, -0.2) is 37.3 Å². The lowest BCUT2D eigenvalue weighted by atomic mass is 10.2. The molecule has 0 radical (unpaired) electrons. The van der Waals surface area contributed by atoms with Crippen LogP contribution >= 0.6 is 0 Å². The van der Waals surface area contributed by atoms with Gasteiger partial charge < -0.3 is 20.9 Å². The van der Waals surface area contributed by atoms with E-state index in [-0.39, 0.29) is 11.7 Å². The lowest BCUT2D eigenvalue weighted by Gasteiger charge is -2.05. The highest BCUT2D eigenvalue weighted by Gasteiger charge is 2.01. The Labute approximate surface area is 164 Å². The third-order valence-corrected chi connectivity index (χ3v) is 3.42. The second kappa shape index (κ2) is 11.1. The van der Waals surface area contributed by atoms with E-state index >= 15 is 0 Å². The van der Waals surface area contributed by atoms with E-state index in [1.807, 2.05) is 62.4 Å². The normalized spacial score (nSPS) is 12.6. The Hall–Kier alpha value is -3.68. The Morgan fingerprint density at radius 1 is 0.750 bits per heavy atom. The minimum Gasteiger partial charge on any atom is -0.493 e. The van der Waals surface area contributed by atoms with Crippen LogP contribution in [0.5, 0.6) is 11.5 Å². The summed E-state index contributed by atoms with van der Waals surface area (Å²) in [5.74, 6) is 1.34. The number of benzene rings is 2. The van der Waals surface area contributed by atoms with Gasteiger partial charge in [-0.3, -0.25) is 0 Å². The fourth-order valence-corrected chi connectivity index (χ4v) is 2.16. The zero-order valence-electron chi connectivity index (χ0n) is 15.9. The molecule has 0 amide bonds. The minimum absolute atomic E-state index is 0.0413. The Morgan fingerprint density at radius 2 is 1.14 bits per heavy atom. The summed E-state index contributed by atoms with van der Waals surface area (Å²) < 4.78 is 11.0. The predicted octanol–water partition coefficient (Wildman–Crippen LogP) is 2.57. The van der Waals surface area contributed by atoms with Crippen molar-refractivity contribution >= 4 is 24.1 Å². The molecule has 2 rings (SSSR count). The number of hydrogen-bond donors (Lipinski definition) is 2. The van der Waals surface area contributed by atoms with Crippen LogP contribution in [0, 0.1) is 0 Å². The maximum absolute atomic E-state index is 5.79. The van der Waals surface area contributed by atoms with Gasteiger partial charge >= 0.3 is 0 Å². The number of nitrogens with two attached hydrogens (primary N) is 2. The van der Waals surface area contributed by atoms with E-state index in [4.69, 9.17) is 20.9 Å². The zero-order valence-corrected chi connectivity index (χ0v) is 15.9. The summed E-state index contributed by atoms with van der Waals surface area (Å²) in [6.45, 7) is 4.93. The summed E-state index contributed by atoms with van der Waals surface area (Å²) in [5.41, 5.74) is 13.1. The molecule has 28 heavy (non-hydrogen) atoms. The molecule has 2 aromatic carbocycles. The molecule has 0 spiro atoms. The van der Waals surface area contributed by atoms with Crippen LogP contribution in [0.1, 0.15) is 25.0 Å². The van der Waals surface area contributed by atoms with E-state index in [1.54, 1.807) is 0 Å². The Balaban J connectivity index is 2.06. The molecule has 0 fully saturated rings. The maximum atomic E-state index is 5.79.